The molecule has 2 amide bonds. The Bertz CT molecular complexity index is 1200. The second kappa shape index (κ2) is 12.1. The summed E-state index contributed by atoms with van der Waals surface area (Å²) in [6.07, 6.45) is 0.809. The molecule has 3 atom stereocenters. The predicted octanol–water partition coefficient (Wildman–Crippen LogP) is 1.30. The van der Waals surface area contributed by atoms with E-state index < -0.39 is 47.4 Å². The summed E-state index contributed by atoms with van der Waals surface area (Å²) in [5, 5.41) is 7.78. The number of nitrogens with one attached hydrogen (secondary N) is 1. The molecule has 0 bridgehead atoms. The summed E-state index contributed by atoms with van der Waals surface area (Å²) >= 11 is 4.01. The topological polar surface area (TPSA) is 172 Å². The zero-order valence-electron chi connectivity index (χ0n) is 21.8. The van der Waals surface area contributed by atoms with Gasteiger partial charge in [-0.1, -0.05) is 5.16 Å². The van der Waals surface area contributed by atoms with Gasteiger partial charge in [-0.15, -0.1) is 34.9 Å². The molecular weight excluding hydrogens is 570 g/mol. The molecule has 0 aromatic carbocycles. The van der Waals surface area contributed by atoms with Crippen molar-refractivity contribution in [2.45, 2.75) is 43.9 Å². The number of carbonyl (C=O) groups is 4. The molecule has 2 unspecified atom stereocenters. The summed E-state index contributed by atoms with van der Waals surface area (Å²) in [4.78, 5) is 62.4. The van der Waals surface area contributed by atoms with Crippen LogP contribution in [0.5, 0.6) is 0 Å². The van der Waals surface area contributed by atoms with Crippen LogP contribution in [0.2, 0.25) is 0 Å². The third-order valence-electron chi connectivity index (χ3n) is 5.76. The molecule has 16 heteroatoms. The van der Waals surface area contributed by atoms with Crippen molar-refractivity contribution < 1.29 is 38.2 Å². The molecule has 3 N–H and O–H groups in total. The van der Waals surface area contributed by atoms with E-state index in [1.165, 1.54) is 35.5 Å². The minimum atomic E-state index is -0.927. The predicted molar refractivity (Wildman–Crippen MR) is 145 cm³/mol. The van der Waals surface area contributed by atoms with Gasteiger partial charge in [-0.2, -0.15) is 0 Å². The van der Waals surface area contributed by atoms with E-state index in [2.05, 4.69) is 15.5 Å². The first-order chi connectivity index (χ1) is 18.5. The Morgan fingerprint density at radius 1 is 1.33 bits per heavy atom. The highest BCUT2D eigenvalue weighted by atomic mass is 32.2. The maximum absolute atomic E-state index is 13.3. The summed E-state index contributed by atoms with van der Waals surface area (Å²) in [5.74, 6) is -2.07. The number of anilines is 1. The molecule has 1 aromatic heterocycles. The number of hydrogen-bond donors (Lipinski definition) is 2. The van der Waals surface area contributed by atoms with Crippen molar-refractivity contribution in [3.63, 3.8) is 0 Å². The fraction of sp³-hybridized carbons (Fsp3) is 0.565. The summed E-state index contributed by atoms with van der Waals surface area (Å²) < 4.78 is 15.8. The number of nitrogen functional groups attached to an aromatic ring is 1. The Labute approximate surface area is 237 Å². The first-order valence-corrected chi connectivity index (χ1v) is 14.7. The van der Waals surface area contributed by atoms with Gasteiger partial charge in [-0.3, -0.25) is 19.3 Å². The summed E-state index contributed by atoms with van der Waals surface area (Å²) in [5.41, 5.74) is 5.07. The molecule has 2 fully saturated rings. The van der Waals surface area contributed by atoms with Gasteiger partial charge in [-0.05, 0) is 27.2 Å². The van der Waals surface area contributed by atoms with Crippen LogP contribution in [0.4, 0.5) is 5.13 Å². The third kappa shape index (κ3) is 6.50. The Kier molecular flexibility index (Phi) is 9.08. The molecule has 0 saturated carbocycles. The number of aromatic nitrogens is 1. The summed E-state index contributed by atoms with van der Waals surface area (Å²) in [6, 6.07) is -0.927. The molecule has 3 aliphatic rings. The van der Waals surface area contributed by atoms with Gasteiger partial charge in [0.05, 0.1) is 12.0 Å². The first kappa shape index (κ1) is 29.2. The van der Waals surface area contributed by atoms with Crippen molar-refractivity contribution in [1.29, 1.82) is 0 Å². The largest absolute Gasteiger partial charge is 0.427 e. The minimum Gasteiger partial charge on any atom is -0.427 e. The van der Waals surface area contributed by atoms with Gasteiger partial charge in [0.1, 0.15) is 29.9 Å². The number of β-lactam (4-membered cyclic amide) rings is 1. The van der Waals surface area contributed by atoms with Crippen molar-refractivity contribution >= 4 is 69.5 Å². The van der Waals surface area contributed by atoms with Gasteiger partial charge >= 0.3 is 11.9 Å². The van der Waals surface area contributed by atoms with Crippen LogP contribution in [0.15, 0.2) is 21.1 Å². The standard InChI is InChI=1S/C23H29N5O8S3/c1-23(2,3)21(32)36-10-35-20(31)16-13(39-11-5-6-34-7-11)9-37-19-15(18(30)28(16)19)26-17(29)14(27-33-4)12-8-38-22(24)25-12/h8,11,15,19H,5-7,9-10H2,1-4H3,(H2,24,25)(H,26,29)/b27-14-/t11?,15?,19-/m0/s1. The number of fused-ring (bicyclic) bond motifs is 1. The molecule has 2 saturated heterocycles. The minimum absolute atomic E-state index is 0.0796. The first-order valence-electron chi connectivity index (χ1n) is 11.9. The molecule has 1 aromatic rings. The number of nitrogens with zero attached hydrogens (tertiary/aromatic N) is 3. The van der Waals surface area contributed by atoms with Crippen molar-refractivity contribution in [2.75, 3.05) is 38.6 Å². The Balaban J connectivity index is 1.50. The Morgan fingerprint density at radius 2 is 2.10 bits per heavy atom. The lowest BCUT2D eigenvalue weighted by Gasteiger charge is -2.49. The van der Waals surface area contributed by atoms with E-state index in [-0.39, 0.29) is 27.5 Å². The molecule has 4 rings (SSSR count). The second-order valence-electron chi connectivity index (χ2n) is 9.66. The number of rotatable bonds is 9. The van der Waals surface area contributed by atoms with Gasteiger partial charge in [0.2, 0.25) is 6.79 Å². The van der Waals surface area contributed by atoms with E-state index in [1.807, 2.05) is 0 Å². The Hall–Kier alpha value is -2.82. The highest BCUT2D eigenvalue weighted by Gasteiger charge is 2.55. The number of thiazole rings is 1. The van der Waals surface area contributed by atoms with E-state index in [4.69, 9.17) is 24.8 Å². The lowest BCUT2D eigenvalue weighted by molar-refractivity contribution is -0.173. The lowest BCUT2D eigenvalue weighted by atomic mass is 9.98. The van der Waals surface area contributed by atoms with Crippen molar-refractivity contribution in [3.8, 4) is 0 Å². The van der Waals surface area contributed by atoms with Gasteiger partial charge in [-0.25, -0.2) is 9.78 Å². The monoisotopic (exact) mass is 599 g/mol. The van der Waals surface area contributed by atoms with Crippen molar-refractivity contribution in [2.24, 2.45) is 10.6 Å². The van der Waals surface area contributed by atoms with Gasteiger partial charge in [0, 0.05) is 27.9 Å². The van der Waals surface area contributed by atoms with E-state index in [1.54, 1.807) is 26.2 Å². The van der Waals surface area contributed by atoms with Crippen LogP contribution in [0, 0.1) is 5.41 Å². The average molecular weight is 600 g/mol. The number of esters is 2. The fourth-order valence-corrected chi connectivity index (χ4v) is 7.09. The fourth-order valence-electron chi connectivity index (χ4n) is 3.80. The number of hydrogen-bond acceptors (Lipinski definition) is 14. The van der Waals surface area contributed by atoms with Crippen molar-refractivity contribution in [1.82, 2.24) is 15.2 Å². The second-order valence-corrected chi connectivity index (χ2v) is 13.1. The maximum Gasteiger partial charge on any atom is 0.358 e. The van der Waals surface area contributed by atoms with Gasteiger partial charge in [0.15, 0.2) is 10.8 Å². The molecule has 0 spiro atoms. The quantitative estimate of drug-likeness (QED) is 0.137. The zero-order chi connectivity index (χ0) is 28.3. The van der Waals surface area contributed by atoms with Crippen LogP contribution in [-0.2, 0) is 38.2 Å². The van der Waals surface area contributed by atoms with Crippen molar-refractivity contribution in [3.05, 3.63) is 21.7 Å². The molecule has 3 aliphatic heterocycles. The normalized spacial score (nSPS) is 23.2. The smallest absolute Gasteiger partial charge is 0.358 e. The number of thioether (sulfide) groups is 2. The summed E-state index contributed by atoms with van der Waals surface area (Å²) in [7, 11) is 1.28. The van der Waals surface area contributed by atoms with E-state index in [9.17, 15) is 19.2 Å². The highest BCUT2D eigenvalue weighted by Crippen LogP contribution is 2.45. The molecule has 212 valence electrons. The number of carbonyl (C=O) groups excluding carboxylic acids is 4. The number of nitrogens with two attached hydrogens (primary N) is 1. The third-order valence-corrected chi connectivity index (χ3v) is 9.23. The van der Waals surface area contributed by atoms with Gasteiger partial charge < -0.3 is 30.1 Å². The number of ether oxygens (including phenoxy) is 3. The van der Waals surface area contributed by atoms with Crippen LogP contribution < -0.4 is 11.1 Å². The van der Waals surface area contributed by atoms with Crippen LogP contribution >= 0.6 is 34.9 Å². The van der Waals surface area contributed by atoms with E-state index >= 15 is 0 Å². The Morgan fingerprint density at radius 3 is 2.72 bits per heavy atom. The molecule has 4 heterocycles. The molecule has 39 heavy (non-hydrogen) atoms. The summed E-state index contributed by atoms with van der Waals surface area (Å²) in [6.45, 7) is 5.61. The average Bonchev–Trinajstić information content (AvgIpc) is 3.56. The molecular formula is C23H29N5O8S3. The molecule has 0 radical (unpaired) electrons. The zero-order valence-corrected chi connectivity index (χ0v) is 24.2. The van der Waals surface area contributed by atoms with Gasteiger partial charge in [0.25, 0.3) is 11.8 Å². The molecule has 0 aliphatic carbocycles. The molecule has 13 nitrogen and oxygen atoms in total. The van der Waals surface area contributed by atoms with E-state index in [0.717, 1.165) is 17.8 Å². The van der Waals surface area contributed by atoms with Crippen LogP contribution in [0.1, 0.15) is 32.9 Å². The SMILES string of the molecule is CO/N=C(\C(=O)NC1C(=O)N2C(C(=O)OCOC(=O)C(C)(C)C)=C(SC3CCOC3)CS[C@@H]12)c1csc(N)n1. The lowest BCUT2D eigenvalue weighted by Crippen LogP contribution is -2.71. The van der Waals surface area contributed by atoms with Crippen LogP contribution in [0.25, 0.3) is 0 Å². The van der Waals surface area contributed by atoms with Crippen LogP contribution in [0.3, 0.4) is 0 Å². The highest BCUT2D eigenvalue weighted by molar-refractivity contribution is 8.06. The van der Waals surface area contributed by atoms with Crippen LogP contribution in [-0.4, -0.2) is 88.9 Å². The number of amides is 2. The number of oxime groups is 1. The maximum atomic E-state index is 13.3. The van der Waals surface area contributed by atoms with E-state index in [0.29, 0.717) is 23.9 Å².